The van der Waals surface area contributed by atoms with E-state index in [1.54, 1.807) is 24.3 Å². The molecule has 2 aromatic heterocycles. The standard InChI is InChI=1S/C19H16ClN5O3/c20-13-8-6-12(7-9-13)17-22-18(28-24-17)15-16(21)25(14-4-2-1-3-5-14)23-19(15)27-11-10-26/h1-9,26H,10-11,21H2. The molecule has 142 valence electrons. The van der Waals surface area contributed by atoms with Crippen LogP contribution in [0.5, 0.6) is 5.88 Å². The Morgan fingerprint density at radius 3 is 2.57 bits per heavy atom. The number of benzene rings is 2. The second kappa shape index (κ2) is 7.71. The average molecular weight is 398 g/mol. The van der Waals surface area contributed by atoms with Gasteiger partial charge in [0.25, 0.3) is 5.89 Å². The van der Waals surface area contributed by atoms with Crippen molar-refractivity contribution in [1.29, 1.82) is 0 Å². The largest absolute Gasteiger partial charge is 0.474 e. The molecule has 0 aliphatic rings. The minimum Gasteiger partial charge on any atom is -0.474 e. The van der Waals surface area contributed by atoms with E-state index in [-0.39, 0.29) is 30.8 Å². The number of para-hydroxylation sites is 1. The molecule has 0 unspecified atom stereocenters. The number of anilines is 1. The van der Waals surface area contributed by atoms with Gasteiger partial charge in [0.2, 0.25) is 11.7 Å². The topological polar surface area (TPSA) is 112 Å². The van der Waals surface area contributed by atoms with Crippen molar-refractivity contribution in [3.63, 3.8) is 0 Å². The van der Waals surface area contributed by atoms with Crippen LogP contribution in [-0.2, 0) is 0 Å². The summed E-state index contributed by atoms with van der Waals surface area (Å²) in [7, 11) is 0. The van der Waals surface area contributed by atoms with Gasteiger partial charge in [-0.25, -0.2) is 4.68 Å². The minimum atomic E-state index is -0.169. The monoisotopic (exact) mass is 397 g/mol. The number of hydrogen-bond acceptors (Lipinski definition) is 7. The first-order valence-corrected chi connectivity index (χ1v) is 8.83. The summed E-state index contributed by atoms with van der Waals surface area (Å²) >= 11 is 5.92. The van der Waals surface area contributed by atoms with E-state index in [1.165, 1.54) is 4.68 Å². The van der Waals surface area contributed by atoms with Crippen LogP contribution >= 0.6 is 11.6 Å². The van der Waals surface area contributed by atoms with Gasteiger partial charge in [0, 0.05) is 10.6 Å². The van der Waals surface area contributed by atoms with E-state index in [2.05, 4.69) is 15.2 Å². The molecule has 2 heterocycles. The van der Waals surface area contributed by atoms with Crippen LogP contribution in [0.25, 0.3) is 28.5 Å². The van der Waals surface area contributed by atoms with Gasteiger partial charge in [-0.05, 0) is 36.4 Å². The maximum atomic E-state index is 9.10. The van der Waals surface area contributed by atoms with Gasteiger partial charge in [0.15, 0.2) is 0 Å². The van der Waals surface area contributed by atoms with Gasteiger partial charge < -0.3 is 20.1 Å². The van der Waals surface area contributed by atoms with Gasteiger partial charge in [-0.3, -0.25) is 0 Å². The number of aliphatic hydroxyl groups is 1. The van der Waals surface area contributed by atoms with E-state index in [0.29, 0.717) is 16.4 Å². The van der Waals surface area contributed by atoms with Crippen molar-refractivity contribution in [2.45, 2.75) is 0 Å². The van der Waals surface area contributed by atoms with E-state index in [4.69, 9.17) is 31.7 Å². The molecule has 0 aliphatic heterocycles. The van der Waals surface area contributed by atoms with Crippen LogP contribution in [0.1, 0.15) is 0 Å². The quantitative estimate of drug-likeness (QED) is 0.513. The first-order chi connectivity index (χ1) is 13.7. The Morgan fingerprint density at radius 1 is 1.11 bits per heavy atom. The Hall–Kier alpha value is -3.36. The van der Waals surface area contributed by atoms with E-state index < -0.39 is 0 Å². The van der Waals surface area contributed by atoms with Crippen LogP contribution in [-0.4, -0.2) is 38.2 Å². The third-order valence-corrected chi connectivity index (χ3v) is 4.21. The van der Waals surface area contributed by atoms with Crippen LogP contribution in [0.3, 0.4) is 0 Å². The van der Waals surface area contributed by atoms with Gasteiger partial charge in [-0.15, -0.1) is 5.10 Å². The second-order valence-electron chi connectivity index (χ2n) is 5.81. The fraction of sp³-hybridized carbons (Fsp3) is 0.105. The Bertz CT molecular complexity index is 1080. The number of aliphatic hydroxyl groups excluding tert-OH is 1. The Morgan fingerprint density at radius 2 is 1.86 bits per heavy atom. The number of halogens is 1. The summed E-state index contributed by atoms with van der Waals surface area (Å²) in [5.74, 6) is 1.02. The predicted molar refractivity (Wildman–Crippen MR) is 104 cm³/mol. The highest BCUT2D eigenvalue weighted by Crippen LogP contribution is 2.36. The van der Waals surface area contributed by atoms with E-state index in [1.807, 2.05) is 30.3 Å². The number of aromatic nitrogens is 4. The fourth-order valence-corrected chi connectivity index (χ4v) is 2.79. The maximum Gasteiger partial charge on any atom is 0.267 e. The molecule has 2 aromatic carbocycles. The molecule has 0 atom stereocenters. The molecule has 9 heteroatoms. The highest BCUT2D eigenvalue weighted by Gasteiger charge is 2.25. The lowest BCUT2D eigenvalue weighted by molar-refractivity contribution is 0.196. The highest BCUT2D eigenvalue weighted by atomic mass is 35.5. The van der Waals surface area contributed by atoms with E-state index >= 15 is 0 Å². The summed E-state index contributed by atoms with van der Waals surface area (Å²) in [6.45, 7) is -0.117. The van der Waals surface area contributed by atoms with E-state index in [9.17, 15) is 0 Å². The summed E-state index contributed by atoms with van der Waals surface area (Å²) < 4.78 is 12.5. The summed E-state index contributed by atoms with van der Waals surface area (Å²) in [5.41, 5.74) is 8.18. The molecule has 0 amide bonds. The van der Waals surface area contributed by atoms with Gasteiger partial charge in [0.05, 0.1) is 12.3 Å². The lowest BCUT2D eigenvalue weighted by atomic mass is 10.2. The Balaban J connectivity index is 1.78. The molecule has 0 saturated heterocycles. The molecule has 28 heavy (non-hydrogen) atoms. The number of nitrogen functional groups attached to an aromatic ring is 1. The molecule has 0 aliphatic carbocycles. The second-order valence-corrected chi connectivity index (χ2v) is 6.25. The van der Waals surface area contributed by atoms with Crippen LogP contribution in [0.15, 0.2) is 59.1 Å². The molecule has 3 N–H and O–H groups in total. The van der Waals surface area contributed by atoms with Crippen LogP contribution < -0.4 is 10.5 Å². The van der Waals surface area contributed by atoms with Crippen LogP contribution in [0.2, 0.25) is 5.02 Å². The molecule has 4 aromatic rings. The maximum absolute atomic E-state index is 9.10. The molecule has 0 radical (unpaired) electrons. The van der Waals surface area contributed by atoms with Crippen LogP contribution in [0.4, 0.5) is 5.82 Å². The molecule has 0 bridgehead atoms. The Kier molecular flexibility index (Phi) is 4.96. The van der Waals surface area contributed by atoms with Crippen molar-refractivity contribution in [3.8, 4) is 34.4 Å². The molecule has 0 fully saturated rings. The number of ether oxygens (including phenoxy) is 1. The van der Waals surface area contributed by atoms with Crippen molar-refractivity contribution in [3.05, 3.63) is 59.6 Å². The number of nitrogens with zero attached hydrogens (tertiary/aromatic N) is 4. The summed E-state index contributed by atoms with van der Waals surface area (Å²) in [6, 6.07) is 16.4. The fourth-order valence-electron chi connectivity index (χ4n) is 2.66. The van der Waals surface area contributed by atoms with Gasteiger partial charge in [-0.2, -0.15) is 4.98 Å². The first kappa shape index (κ1) is 18.0. The lowest BCUT2D eigenvalue weighted by Crippen LogP contribution is -2.04. The number of rotatable bonds is 6. The molecular formula is C19H16ClN5O3. The van der Waals surface area contributed by atoms with Crippen molar-refractivity contribution >= 4 is 17.4 Å². The SMILES string of the molecule is Nc1c(-c2nc(-c3ccc(Cl)cc3)no2)c(OCCO)nn1-c1ccccc1. The van der Waals surface area contributed by atoms with Crippen molar-refractivity contribution < 1.29 is 14.4 Å². The van der Waals surface area contributed by atoms with Gasteiger partial charge >= 0.3 is 0 Å². The third kappa shape index (κ3) is 3.42. The molecular weight excluding hydrogens is 382 g/mol. The van der Waals surface area contributed by atoms with Crippen molar-refractivity contribution in [1.82, 2.24) is 19.9 Å². The molecule has 4 rings (SSSR count). The predicted octanol–water partition coefficient (Wildman–Crippen LogP) is 3.20. The zero-order valence-corrected chi connectivity index (χ0v) is 15.4. The summed E-state index contributed by atoms with van der Waals surface area (Å²) in [4.78, 5) is 4.42. The molecule has 8 nitrogen and oxygen atoms in total. The van der Waals surface area contributed by atoms with Crippen LogP contribution in [0, 0.1) is 0 Å². The normalized spacial score (nSPS) is 10.9. The average Bonchev–Trinajstić information content (AvgIpc) is 3.32. The van der Waals surface area contributed by atoms with Crippen molar-refractivity contribution in [2.75, 3.05) is 18.9 Å². The number of hydrogen-bond donors (Lipinski definition) is 2. The third-order valence-electron chi connectivity index (χ3n) is 3.96. The summed E-state index contributed by atoms with van der Waals surface area (Å²) in [5, 5.41) is 18.1. The first-order valence-electron chi connectivity index (χ1n) is 8.45. The zero-order chi connectivity index (χ0) is 19.5. The van der Waals surface area contributed by atoms with Gasteiger partial charge in [-0.1, -0.05) is 35.0 Å². The highest BCUT2D eigenvalue weighted by molar-refractivity contribution is 6.30. The number of nitrogens with two attached hydrogens (primary N) is 1. The summed E-state index contributed by atoms with van der Waals surface area (Å²) in [6.07, 6.45) is 0. The molecule has 0 saturated carbocycles. The van der Waals surface area contributed by atoms with Gasteiger partial charge in [0.1, 0.15) is 18.0 Å². The van der Waals surface area contributed by atoms with E-state index in [0.717, 1.165) is 11.3 Å². The zero-order valence-electron chi connectivity index (χ0n) is 14.6. The van der Waals surface area contributed by atoms with Crippen molar-refractivity contribution in [2.24, 2.45) is 0 Å². The smallest absolute Gasteiger partial charge is 0.267 e. The molecule has 0 spiro atoms. The Labute approximate surface area is 165 Å². The minimum absolute atomic E-state index is 0.0520. The lowest BCUT2D eigenvalue weighted by Gasteiger charge is -2.02.